The number of aliphatic hydroxyl groups excluding tert-OH is 1. The zero-order chi connectivity index (χ0) is 13.7. The van der Waals surface area contributed by atoms with E-state index in [1.807, 2.05) is 24.3 Å². The normalized spacial score (nSPS) is 17.3. The molecule has 1 aromatic rings. The molecule has 3 N–H and O–H groups in total. The minimum absolute atomic E-state index is 0.126. The lowest BCUT2D eigenvalue weighted by Gasteiger charge is -2.29. The first kappa shape index (κ1) is 14.2. The van der Waals surface area contributed by atoms with Crippen molar-refractivity contribution < 1.29 is 9.84 Å². The zero-order valence-corrected chi connectivity index (χ0v) is 11.7. The lowest BCUT2D eigenvalue weighted by Crippen LogP contribution is -2.38. The van der Waals surface area contributed by atoms with Crippen LogP contribution < -0.4 is 10.5 Å². The molecule has 19 heavy (non-hydrogen) atoms. The minimum atomic E-state index is -0.126. The molecule has 0 bridgehead atoms. The Balaban J connectivity index is 1.76. The van der Waals surface area contributed by atoms with Crippen LogP contribution in [-0.4, -0.2) is 47.3 Å². The molecule has 1 saturated heterocycles. The van der Waals surface area contributed by atoms with Gasteiger partial charge in [-0.15, -0.1) is 0 Å². The third-order valence-electron chi connectivity index (χ3n) is 3.35. The molecule has 0 aromatic heterocycles. The Bertz CT molecular complexity index is 431. The molecular weight excluding hydrogens is 260 g/mol. The van der Waals surface area contributed by atoms with Crippen molar-refractivity contribution in [2.45, 2.75) is 18.9 Å². The first-order valence-corrected chi connectivity index (χ1v) is 6.99. The largest absolute Gasteiger partial charge is 0.492 e. The number of thiocarbonyl (C=S) groups is 1. The Morgan fingerprint density at radius 3 is 2.84 bits per heavy atom. The van der Waals surface area contributed by atoms with Crippen molar-refractivity contribution >= 4 is 17.2 Å². The highest BCUT2D eigenvalue weighted by Gasteiger charge is 2.16. The predicted molar refractivity (Wildman–Crippen MR) is 79.5 cm³/mol. The molecule has 1 aliphatic rings. The van der Waals surface area contributed by atoms with Gasteiger partial charge >= 0.3 is 0 Å². The summed E-state index contributed by atoms with van der Waals surface area (Å²) < 4.78 is 5.71. The van der Waals surface area contributed by atoms with Gasteiger partial charge in [0.25, 0.3) is 0 Å². The molecule has 0 atom stereocenters. The van der Waals surface area contributed by atoms with Gasteiger partial charge in [0.05, 0.1) is 6.10 Å². The Morgan fingerprint density at radius 1 is 1.42 bits per heavy atom. The molecule has 0 radical (unpaired) electrons. The summed E-state index contributed by atoms with van der Waals surface area (Å²) in [6.07, 6.45) is 1.59. The maximum absolute atomic E-state index is 9.43. The number of ether oxygens (including phenoxy) is 1. The SMILES string of the molecule is NC(=S)c1cccc(OCCN2CCC(O)CC2)c1. The Kier molecular flexibility index (Phi) is 5.13. The Morgan fingerprint density at radius 2 is 2.16 bits per heavy atom. The van der Waals surface area contributed by atoms with Crippen LogP contribution >= 0.6 is 12.2 Å². The number of likely N-dealkylation sites (tertiary alicyclic amines) is 1. The first-order chi connectivity index (χ1) is 9.15. The minimum Gasteiger partial charge on any atom is -0.492 e. The van der Waals surface area contributed by atoms with Gasteiger partial charge in [0.1, 0.15) is 17.3 Å². The summed E-state index contributed by atoms with van der Waals surface area (Å²) >= 11 is 4.94. The van der Waals surface area contributed by atoms with Crippen LogP contribution in [0.2, 0.25) is 0 Å². The average Bonchev–Trinajstić information content (AvgIpc) is 2.41. The van der Waals surface area contributed by atoms with Crippen LogP contribution in [0.15, 0.2) is 24.3 Å². The lowest BCUT2D eigenvalue weighted by atomic mass is 10.1. The van der Waals surface area contributed by atoms with Crippen LogP contribution in [0.1, 0.15) is 18.4 Å². The van der Waals surface area contributed by atoms with E-state index in [2.05, 4.69) is 4.90 Å². The van der Waals surface area contributed by atoms with Gasteiger partial charge in [0.2, 0.25) is 0 Å². The van der Waals surface area contributed by atoms with Crippen LogP contribution in [0.3, 0.4) is 0 Å². The number of rotatable bonds is 5. The summed E-state index contributed by atoms with van der Waals surface area (Å²) in [5.74, 6) is 0.794. The van der Waals surface area contributed by atoms with Gasteiger partial charge in [-0.05, 0) is 25.0 Å². The molecule has 1 aromatic carbocycles. The first-order valence-electron chi connectivity index (χ1n) is 6.58. The fraction of sp³-hybridized carbons (Fsp3) is 0.500. The topological polar surface area (TPSA) is 58.7 Å². The van der Waals surface area contributed by atoms with E-state index in [1.54, 1.807) is 0 Å². The third-order valence-corrected chi connectivity index (χ3v) is 3.59. The molecule has 2 rings (SSSR count). The summed E-state index contributed by atoms with van der Waals surface area (Å²) in [5.41, 5.74) is 6.41. The van der Waals surface area contributed by atoms with E-state index >= 15 is 0 Å². The van der Waals surface area contributed by atoms with Crippen molar-refractivity contribution in [2.24, 2.45) is 5.73 Å². The predicted octanol–water partition coefficient (Wildman–Crippen LogP) is 1.16. The van der Waals surface area contributed by atoms with Crippen molar-refractivity contribution in [2.75, 3.05) is 26.2 Å². The van der Waals surface area contributed by atoms with E-state index in [1.165, 1.54) is 0 Å². The molecule has 1 fully saturated rings. The van der Waals surface area contributed by atoms with Gasteiger partial charge < -0.3 is 15.6 Å². The van der Waals surface area contributed by atoms with E-state index in [9.17, 15) is 5.11 Å². The maximum atomic E-state index is 9.43. The summed E-state index contributed by atoms with van der Waals surface area (Å²) in [6.45, 7) is 3.40. The molecule has 104 valence electrons. The van der Waals surface area contributed by atoms with Crippen LogP contribution in [0.25, 0.3) is 0 Å². The van der Waals surface area contributed by atoms with E-state index in [4.69, 9.17) is 22.7 Å². The summed E-state index contributed by atoms with van der Waals surface area (Å²) in [5, 5.41) is 9.43. The number of hydrogen-bond donors (Lipinski definition) is 2. The monoisotopic (exact) mass is 280 g/mol. The van der Waals surface area contributed by atoms with Crippen molar-refractivity contribution in [1.29, 1.82) is 0 Å². The summed E-state index contributed by atoms with van der Waals surface area (Å²) in [6, 6.07) is 7.53. The van der Waals surface area contributed by atoms with Gasteiger partial charge in [-0.2, -0.15) is 0 Å². The molecule has 1 heterocycles. The van der Waals surface area contributed by atoms with E-state index in [-0.39, 0.29) is 6.10 Å². The van der Waals surface area contributed by atoms with Crippen LogP contribution in [0, 0.1) is 0 Å². The molecule has 1 aliphatic heterocycles. The molecule has 0 aliphatic carbocycles. The average molecular weight is 280 g/mol. The lowest BCUT2D eigenvalue weighted by molar-refractivity contribution is 0.0755. The summed E-state index contributed by atoms with van der Waals surface area (Å²) in [7, 11) is 0. The molecule has 5 heteroatoms. The Hall–Kier alpha value is -1.17. The second kappa shape index (κ2) is 6.84. The van der Waals surface area contributed by atoms with E-state index in [0.717, 1.165) is 43.8 Å². The van der Waals surface area contributed by atoms with E-state index < -0.39 is 0 Å². The second-order valence-electron chi connectivity index (χ2n) is 4.81. The molecular formula is C14H20N2O2S. The number of aliphatic hydroxyl groups is 1. The highest BCUT2D eigenvalue weighted by molar-refractivity contribution is 7.80. The molecule has 0 spiro atoms. The zero-order valence-electron chi connectivity index (χ0n) is 10.9. The maximum Gasteiger partial charge on any atom is 0.120 e. The van der Waals surface area contributed by atoms with Crippen molar-refractivity contribution in [1.82, 2.24) is 4.90 Å². The quantitative estimate of drug-likeness (QED) is 0.793. The number of benzene rings is 1. The number of nitrogens with zero attached hydrogens (tertiary/aromatic N) is 1. The van der Waals surface area contributed by atoms with Crippen molar-refractivity contribution in [3.8, 4) is 5.75 Å². The summed E-state index contributed by atoms with van der Waals surface area (Å²) in [4.78, 5) is 2.69. The third kappa shape index (κ3) is 4.45. The smallest absolute Gasteiger partial charge is 0.120 e. The second-order valence-corrected chi connectivity index (χ2v) is 5.25. The fourth-order valence-corrected chi connectivity index (χ4v) is 2.30. The highest BCUT2D eigenvalue weighted by atomic mass is 32.1. The fourth-order valence-electron chi connectivity index (χ4n) is 2.17. The van der Waals surface area contributed by atoms with Crippen LogP contribution in [-0.2, 0) is 0 Å². The highest BCUT2D eigenvalue weighted by Crippen LogP contribution is 2.14. The van der Waals surface area contributed by atoms with Gasteiger partial charge in [-0.3, -0.25) is 4.90 Å². The van der Waals surface area contributed by atoms with Gasteiger partial charge in [-0.25, -0.2) is 0 Å². The van der Waals surface area contributed by atoms with Gasteiger partial charge in [0, 0.05) is 25.2 Å². The van der Waals surface area contributed by atoms with Crippen LogP contribution in [0.5, 0.6) is 5.75 Å². The van der Waals surface area contributed by atoms with Crippen molar-refractivity contribution in [3.63, 3.8) is 0 Å². The number of piperidine rings is 1. The Labute approximate surface area is 119 Å². The van der Waals surface area contributed by atoms with E-state index in [0.29, 0.717) is 11.6 Å². The van der Waals surface area contributed by atoms with Gasteiger partial charge in [0.15, 0.2) is 0 Å². The number of nitrogens with two attached hydrogens (primary N) is 1. The standard InChI is InChI=1S/C14H20N2O2S/c15-14(19)11-2-1-3-13(10-11)18-9-8-16-6-4-12(17)5-7-16/h1-3,10,12,17H,4-9H2,(H2,15,19). The molecule has 4 nitrogen and oxygen atoms in total. The number of hydrogen-bond acceptors (Lipinski definition) is 4. The van der Waals surface area contributed by atoms with Gasteiger partial charge in [-0.1, -0.05) is 24.4 Å². The molecule has 0 amide bonds. The molecule has 0 unspecified atom stereocenters. The van der Waals surface area contributed by atoms with Crippen molar-refractivity contribution in [3.05, 3.63) is 29.8 Å². The molecule has 0 saturated carbocycles. The van der Waals surface area contributed by atoms with Crippen LogP contribution in [0.4, 0.5) is 0 Å².